The van der Waals surface area contributed by atoms with Crippen molar-refractivity contribution in [1.29, 1.82) is 0 Å². The Bertz CT molecular complexity index is 1010. The Balaban J connectivity index is 2.34. The molecule has 7 nitrogen and oxygen atoms in total. The maximum absolute atomic E-state index is 12.8. The molecule has 3 rings (SSSR count). The van der Waals surface area contributed by atoms with Gasteiger partial charge in [-0.15, -0.1) is 0 Å². The van der Waals surface area contributed by atoms with E-state index in [1.807, 2.05) is 44.2 Å². The third-order valence-corrected chi connectivity index (χ3v) is 4.36. The Hall–Kier alpha value is -2.83. The summed E-state index contributed by atoms with van der Waals surface area (Å²) < 4.78 is 10.0. The quantitative estimate of drug-likeness (QED) is 0.709. The van der Waals surface area contributed by atoms with Crippen molar-refractivity contribution in [3.8, 4) is 6.01 Å². The van der Waals surface area contributed by atoms with Crippen LogP contribution in [0.15, 0.2) is 39.9 Å². The second-order valence-electron chi connectivity index (χ2n) is 6.08. The van der Waals surface area contributed by atoms with E-state index in [0.717, 1.165) is 16.6 Å². The van der Waals surface area contributed by atoms with Gasteiger partial charge in [-0.25, -0.2) is 4.79 Å². The maximum atomic E-state index is 12.8. The van der Waals surface area contributed by atoms with Gasteiger partial charge in [0.1, 0.15) is 0 Å². The molecule has 0 radical (unpaired) electrons. The Morgan fingerprint density at radius 2 is 1.80 bits per heavy atom. The zero-order valence-electron chi connectivity index (χ0n) is 14.9. The van der Waals surface area contributed by atoms with Crippen LogP contribution in [0.2, 0.25) is 0 Å². The van der Waals surface area contributed by atoms with Crippen molar-refractivity contribution in [1.82, 2.24) is 18.7 Å². The topological polar surface area (TPSA) is 71.1 Å². The van der Waals surface area contributed by atoms with Gasteiger partial charge in [0.05, 0.1) is 12.6 Å². The normalized spacial score (nSPS) is 12.5. The lowest BCUT2D eigenvalue weighted by atomic mass is 10.1. The van der Waals surface area contributed by atoms with E-state index in [-0.39, 0.29) is 11.6 Å². The van der Waals surface area contributed by atoms with E-state index in [0.29, 0.717) is 23.8 Å². The molecule has 132 valence electrons. The van der Waals surface area contributed by atoms with E-state index in [1.54, 1.807) is 11.6 Å². The maximum Gasteiger partial charge on any atom is 0.332 e. The fourth-order valence-electron chi connectivity index (χ4n) is 2.93. The molecular formula is C18H22N4O3. The molecule has 0 saturated heterocycles. The van der Waals surface area contributed by atoms with Gasteiger partial charge >= 0.3 is 5.69 Å². The molecule has 7 heteroatoms. The lowest BCUT2D eigenvalue weighted by Gasteiger charge is -2.17. The van der Waals surface area contributed by atoms with Crippen LogP contribution in [0.3, 0.4) is 0 Å². The second-order valence-corrected chi connectivity index (χ2v) is 6.08. The first kappa shape index (κ1) is 17.0. The number of rotatable bonds is 5. The molecule has 0 spiro atoms. The van der Waals surface area contributed by atoms with E-state index in [4.69, 9.17) is 4.74 Å². The number of aryl methyl sites for hydroxylation is 1. The first-order chi connectivity index (χ1) is 12.0. The average molecular weight is 342 g/mol. The van der Waals surface area contributed by atoms with Crippen LogP contribution < -0.4 is 16.0 Å². The number of fused-ring (bicyclic) bond motifs is 1. The van der Waals surface area contributed by atoms with Crippen molar-refractivity contribution in [3.05, 3.63) is 56.7 Å². The smallest absolute Gasteiger partial charge is 0.332 e. The van der Waals surface area contributed by atoms with Gasteiger partial charge in [0.2, 0.25) is 0 Å². The third kappa shape index (κ3) is 2.75. The molecule has 0 N–H and O–H groups in total. The first-order valence-corrected chi connectivity index (χ1v) is 8.33. The summed E-state index contributed by atoms with van der Waals surface area (Å²) in [4.78, 5) is 29.4. The Labute approximate surface area is 145 Å². The van der Waals surface area contributed by atoms with E-state index in [9.17, 15) is 9.59 Å². The van der Waals surface area contributed by atoms with Crippen molar-refractivity contribution < 1.29 is 4.74 Å². The van der Waals surface area contributed by atoms with Gasteiger partial charge in [0, 0.05) is 14.1 Å². The highest BCUT2D eigenvalue weighted by molar-refractivity contribution is 5.72. The standard InChI is InChI=1S/C18H22N4O3/c1-5-11-25-17-19-15-14(16(23)21(4)18(24)20(15)3)22(17)12(2)13-9-7-6-8-10-13/h6-10,12H,5,11H2,1-4H3/t12-/m0/s1. The summed E-state index contributed by atoms with van der Waals surface area (Å²) >= 11 is 0. The number of nitrogens with zero attached hydrogens (tertiary/aromatic N) is 4. The summed E-state index contributed by atoms with van der Waals surface area (Å²) in [6, 6.07) is 10.0. The molecule has 2 aromatic heterocycles. The number of hydrogen-bond donors (Lipinski definition) is 0. The van der Waals surface area contributed by atoms with Gasteiger partial charge < -0.3 is 4.74 Å². The number of ether oxygens (including phenoxy) is 1. The lowest BCUT2D eigenvalue weighted by Crippen LogP contribution is -2.37. The van der Waals surface area contributed by atoms with Gasteiger partial charge in [0.15, 0.2) is 11.2 Å². The summed E-state index contributed by atoms with van der Waals surface area (Å²) in [5, 5.41) is 0. The number of hydrogen-bond acceptors (Lipinski definition) is 4. The van der Waals surface area contributed by atoms with Crippen LogP contribution >= 0.6 is 0 Å². The van der Waals surface area contributed by atoms with Crippen molar-refractivity contribution >= 4 is 11.2 Å². The van der Waals surface area contributed by atoms with Gasteiger partial charge in [-0.05, 0) is 18.9 Å². The van der Waals surface area contributed by atoms with Gasteiger partial charge in [-0.1, -0.05) is 37.3 Å². The summed E-state index contributed by atoms with van der Waals surface area (Å²) in [6.07, 6.45) is 0.819. The Morgan fingerprint density at radius 3 is 2.44 bits per heavy atom. The van der Waals surface area contributed by atoms with Crippen LogP contribution in [0.4, 0.5) is 0 Å². The molecule has 0 bridgehead atoms. The fourth-order valence-corrected chi connectivity index (χ4v) is 2.93. The van der Waals surface area contributed by atoms with E-state index >= 15 is 0 Å². The largest absolute Gasteiger partial charge is 0.465 e. The molecule has 0 saturated carbocycles. The third-order valence-electron chi connectivity index (χ3n) is 4.36. The average Bonchev–Trinajstić information content (AvgIpc) is 3.02. The van der Waals surface area contributed by atoms with Crippen molar-refractivity contribution in [3.63, 3.8) is 0 Å². The summed E-state index contributed by atoms with van der Waals surface area (Å²) in [5.74, 6) is 0. The minimum Gasteiger partial charge on any atom is -0.465 e. The molecule has 1 aromatic carbocycles. The van der Waals surface area contributed by atoms with Crippen LogP contribution in [-0.2, 0) is 14.1 Å². The SMILES string of the molecule is CCCOc1nc2c(c(=O)n(C)c(=O)n2C)n1[C@@H](C)c1ccccc1. The molecule has 0 amide bonds. The molecule has 0 aliphatic rings. The zero-order chi connectivity index (χ0) is 18.1. The summed E-state index contributed by atoms with van der Waals surface area (Å²) in [5.41, 5.74) is 0.949. The minimum atomic E-state index is -0.406. The van der Waals surface area contributed by atoms with E-state index < -0.39 is 5.69 Å². The molecule has 0 aliphatic carbocycles. The monoisotopic (exact) mass is 342 g/mol. The summed E-state index contributed by atoms with van der Waals surface area (Å²) in [6.45, 7) is 4.47. The first-order valence-electron chi connectivity index (χ1n) is 8.33. The minimum absolute atomic E-state index is 0.164. The molecule has 2 heterocycles. The van der Waals surface area contributed by atoms with Crippen molar-refractivity contribution in [2.24, 2.45) is 14.1 Å². The summed E-state index contributed by atoms with van der Waals surface area (Å²) in [7, 11) is 3.08. The van der Waals surface area contributed by atoms with Crippen molar-refractivity contribution in [2.45, 2.75) is 26.3 Å². The second kappa shape index (κ2) is 6.58. The number of benzene rings is 1. The van der Waals surface area contributed by atoms with E-state index in [1.165, 1.54) is 11.6 Å². The zero-order valence-corrected chi connectivity index (χ0v) is 14.9. The number of imidazole rings is 1. The molecule has 0 fully saturated rings. The lowest BCUT2D eigenvalue weighted by molar-refractivity contribution is 0.276. The molecule has 3 aromatic rings. The molecular weight excluding hydrogens is 320 g/mol. The van der Waals surface area contributed by atoms with Crippen molar-refractivity contribution in [2.75, 3.05) is 6.61 Å². The Morgan fingerprint density at radius 1 is 1.12 bits per heavy atom. The van der Waals surface area contributed by atoms with Crippen LogP contribution in [0.5, 0.6) is 6.01 Å². The van der Waals surface area contributed by atoms with E-state index in [2.05, 4.69) is 4.98 Å². The molecule has 25 heavy (non-hydrogen) atoms. The van der Waals surface area contributed by atoms with Crippen LogP contribution in [0, 0.1) is 0 Å². The van der Waals surface area contributed by atoms with Crippen LogP contribution in [-0.4, -0.2) is 25.3 Å². The van der Waals surface area contributed by atoms with Crippen LogP contribution in [0.25, 0.3) is 11.2 Å². The van der Waals surface area contributed by atoms with Gasteiger partial charge in [0.25, 0.3) is 11.6 Å². The predicted octanol–water partition coefficient (Wildman–Crippen LogP) is 1.83. The fraction of sp³-hybridized carbons (Fsp3) is 0.389. The number of aromatic nitrogens is 4. The Kier molecular flexibility index (Phi) is 4.48. The highest BCUT2D eigenvalue weighted by Crippen LogP contribution is 2.27. The van der Waals surface area contributed by atoms with Gasteiger partial charge in [-0.2, -0.15) is 4.98 Å². The predicted molar refractivity (Wildman–Crippen MR) is 96.3 cm³/mol. The highest BCUT2D eigenvalue weighted by Gasteiger charge is 2.24. The molecule has 1 atom stereocenters. The highest BCUT2D eigenvalue weighted by atomic mass is 16.5. The van der Waals surface area contributed by atoms with Crippen LogP contribution in [0.1, 0.15) is 31.9 Å². The van der Waals surface area contributed by atoms with Gasteiger partial charge in [-0.3, -0.25) is 18.5 Å². The molecule has 0 unspecified atom stereocenters. The molecule has 0 aliphatic heterocycles.